The van der Waals surface area contributed by atoms with Gasteiger partial charge in [0.1, 0.15) is 0 Å². The zero-order valence-electron chi connectivity index (χ0n) is 14.2. The van der Waals surface area contributed by atoms with Gasteiger partial charge in [0.2, 0.25) is 0 Å². The van der Waals surface area contributed by atoms with Crippen LogP contribution in [-0.2, 0) is 21.0 Å². The van der Waals surface area contributed by atoms with E-state index in [2.05, 4.69) is 48.5 Å². The minimum Gasteiger partial charge on any atom is -0.229 e. The maximum Gasteiger partial charge on any atom is 0.151 e. The molecule has 0 saturated carbocycles. The summed E-state index contributed by atoms with van der Waals surface area (Å²) >= 11 is 0. The second kappa shape index (κ2) is 6.75. The molecule has 0 aromatic heterocycles. The molecule has 0 amide bonds. The lowest BCUT2D eigenvalue weighted by atomic mass is 9.87. The molecule has 0 radical (unpaired) electrons. The van der Waals surface area contributed by atoms with Crippen molar-refractivity contribution in [2.75, 3.05) is 6.26 Å². The van der Waals surface area contributed by atoms with Crippen molar-refractivity contribution in [2.45, 2.75) is 59.6 Å². The molecule has 0 unspecified atom stereocenters. The van der Waals surface area contributed by atoms with Gasteiger partial charge in [-0.15, -0.1) is 0 Å². The summed E-state index contributed by atoms with van der Waals surface area (Å²) in [6.07, 6.45) is 1.25. The molecule has 1 rings (SSSR count). The van der Waals surface area contributed by atoms with Crippen LogP contribution in [0.3, 0.4) is 0 Å². The van der Waals surface area contributed by atoms with Crippen LogP contribution in [0.5, 0.6) is 0 Å². The number of sulfone groups is 1. The van der Waals surface area contributed by atoms with E-state index >= 15 is 0 Å². The van der Waals surface area contributed by atoms with Gasteiger partial charge in [-0.25, -0.2) is 8.42 Å². The largest absolute Gasteiger partial charge is 0.229 e. The Balaban J connectivity index is 0.000000621. The molecule has 0 heterocycles. The van der Waals surface area contributed by atoms with E-state index in [9.17, 15) is 8.42 Å². The van der Waals surface area contributed by atoms with Gasteiger partial charge in [0.25, 0.3) is 0 Å². The van der Waals surface area contributed by atoms with E-state index in [4.69, 9.17) is 0 Å². The summed E-state index contributed by atoms with van der Waals surface area (Å²) in [5.74, 6) is 0.122. The molecular formula is C17H30O2S. The molecule has 2 nitrogen and oxygen atoms in total. The van der Waals surface area contributed by atoms with E-state index in [0.29, 0.717) is 5.41 Å². The van der Waals surface area contributed by atoms with Crippen LogP contribution in [0.2, 0.25) is 0 Å². The van der Waals surface area contributed by atoms with Gasteiger partial charge in [0.05, 0.1) is 5.75 Å². The Kier molecular flexibility index (Phi) is 6.47. The Bertz CT molecular complexity index is 491. The van der Waals surface area contributed by atoms with Gasteiger partial charge in [0, 0.05) is 6.26 Å². The van der Waals surface area contributed by atoms with E-state index < -0.39 is 9.84 Å². The summed E-state index contributed by atoms with van der Waals surface area (Å²) in [6, 6.07) is 7.78. The molecule has 0 fully saturated rings. The standard InChI is InChI=1S/C12H18O2S.C5H12/c1-12(2,3)11-7-5-10(6-8-11)9-15(4,13)14;1-5(2,3)4/h5-8H,9H2,1-4H3;1-4H3. The molecule has 0 spiro atoms. The number of hydrogen-bond donors (Lipinski definition) is 0. The van der Waals surface area contributed by atoms with E-state index in [1.54, 1.807) is 0 Å². The van der Waals surface area contributed by atoms with Crippen LogP contribution in [0, 0.1) is 5.41 Å². The molecule has 20 heavy (non-hydrogen) atoms. The summed E-state index contributed by atoms with van der Waals surface area (Å²) in [4.78, 5) is 0. The highest BCUT2D eigenvalue weighted by molar-refractivity contribution is 7.89. The molecule has 0 atom stereocenters. The highest BCUT2D eigenvalue weighted by Gasteiger charge is 2.13. The predicted molar refractivity (Wildman–Crippen MR) is 88.8 cm³/mol. The minimum absolute atomic E-state index is 0.115. The second-order valence-corrected chi connectivity index (χ2v) is 10.2. The quantitative estimate of drug-likeness (QED) is 0.801. The SMILES string of the molecule is CC(C)(C)C.CC(C)(C)c1ccc(CS(C)(=O)=O)cc1. The van der Waals surface area contributed by atoms with Crippen molar-refractivity contribution in [3.05, 3.63) is 35.4 Å². The van der Waals surface area contributed by atoms with Gasteiger partial charge >= 0.3 is 0 Å². The summed E-state index contributed by atoms with van der Waals surface area (Å²) in [6.45, 7) is 15.2. The van der Waals surface area contributed by atoms with E-state index in [1.807, 2.05) is 24.3 Å². The smallest absolute Gasteiger partial charge is 0.151 e. The third-order valence-electron chi connectivity index (χ3n) is 2.25. The van der Waals surface area contributed by atoms with Crippen LogP contribution in [0.25, 0.3) is 0 Å². The van der Waals surface area contributed by atoms with Gasteiger partial charge < -0.3 is 0 Å². The molecule has 0 bridgehead atoms. The molecule has 0 saturated heterocycles. The summed E-state index contributed by atoms with van der Waals surface area (Å²) in [7, 11) is -2.93. The summed E-state index contributed by atoms with van der Waals surface area (Å²) in [5, 5.41) is 0. The number of benzene rings is 1. The minimum atomic E-state index is -2.93. The van der Waals surface area contributed by atoms with E-state index in [0.717, 1.165) is 5.56 Å². The van der Waals surface area contributed by atoms with Crippen LogP contribution < -0.4 is 0 Å². The molecule has 0 aliphatic heterocycles. The molecule has 0 N–H and O–H groups in total. The topological polar surface area (TPSA) is 34.1 Å². The molecule has 0 aliphatic carbocycles. The van der Waals surface area contributed by atoms with Crippen LogP contribution in [0.1, 0.15) is 59.6 Å². The number of rotatable bonds is 2. The van der Waals surface area contributed by atoms with Crippen molar-refractivity contribution in [1.29, 1.82) is 0 Å². The van der Waals surface area contributed by atoms with Crippen LogP contribution in [0.15, 0.2) is 24.3 Å². The van der Waals surface area contributed by atoms with Crippen molar-refractivity contribution in [2.24, 2.45) is 5.41 Å². The fraction of sp³-hybridized carbons (Fsp3) is 0.647. The van der Waals surface area contributed by atoms with Crippen molar-refractivity contribution in [1.82, 2.24) is 0 Å². The molecule has 0 aliphatic rings. The average Bonchev–Trinajstić information content (AvgIpc) is 2.11. The van der Waals surface area contributed by atoms with Gasteiger partial charge in [-0.1, -0.05) is 72.7 Å². The van der Waals surface area contributed by atoms with E-state index in [-0.39, 0.29) is 11.2 Å². The predicted octanol–water partition coefficient (Wildman–Crippen LogP) is 4.58. The van der Waals surface area contributed by atoms with Crippen molar-refractivity contribution < 1.29 is 8.42 Å². The zero-order valence-corrected chi connectivity index (χ0v) is 15.1. The fourth-order valence-electron chi connectivity index (χ4n) is 1.40. The number of hydrogen-bond acceptors (Lipinski definition) is 2. The summed E-state index contributed by atoms with van der Waals surface area (Å²) in [5.41, 5.74) is 2.69. The molecule has 1 aromatic carbocycles. The molecule has 116 valence electrons. The van der Waals surface area contributed by atoms with Crippen molar-refractivity contribution >= 4 is 9.84 Å². The first-order valence-electron chi connectivity index (χ1n) is 6.96. The lowest BCUT2D eigenvalue weighted by molar-refractivity contribution is 0.469. The van der Waals surface area contributed by atoms with Gasteiger partial charge in [0.15, 0.2) is 9.84 Å². The lowest BCUT2D eigenvalue weighted by Gasteiger charge is -2.19. The van der Waals surface area contributed by atoms with Gasteiger partial charge in [-0.2, -0.15) is 0 Å². The second-order valence-electron chi connectivity index (χ2n) is 8.02. The zero-order chi connectivity index (χ0) is 16.2. The fourth-order valence-corrected chi connectivity index (χ4v) is 2.20. The Morgan fingerprint density at radius 3 is 1.45 bits per heavy atom. The van der Waals surface area contributed by atoms with Crippen LogP contribution in [0.4, 0.5) is 0 Å². The van der Waals surface area contributed by atoms with Crippen LogP contribution >= 0.6 is 0 Å². The third-order valence-corrected chi connectivity index (χ3v) is 3.11. The maximum atomic E-state index is 11.1. The highest BCUT2D eigenvalue weighted by atomic mass is 32.2. The van der Waals surface area contributed by atoms with Crippen molar-refractivity contribution in [3.8, 4) is 0 Å². The first-order valence-corrected chi connectivity index (χ1v) is 9.02. The summed E-state index contributed by atoms with van der Waals surface area (Å²) < 4.78 is 22.2. The third kappa shape index (κ3) is 11.0. The molecule has 1 aromatic rings. The van der Waals surface area contributed by atoms with Crippen LogP contribution in [-0.4, -0.2) is 14.7 Å². The molecular weight excluding hydrogens is 268 g/mol. The monoisotopic (exact) mass is 298 g/mol. The Hall–Kier alpha value is -0.830. The van der Waals surface area contributed by atoms with E-state index in [1.165, 1.54) is 11.8 Å². The highest BCUT2D eigenvalue weighted by Crippen LogP contribution is 2.22. The van der Waals surface area contributed by atoms with Crippen molar-refractivity contribution in [3.63, 3.8) is 0 Å². The Morgan fingerprint density at radius 2 is 1.20 bits per heavy atom. The lowest BCUT2D eigenvalue weighted by Crippen LogP contribution is -2.11. The molecule has 3 heteroatoms. The maximum absolute atomic E-state index is 11.1. The average molecular weight is 298 g/mol. The Labute approximate surface area is 125 Å². The van der Waals surface area contributed by atoms with Gasteiger partial charge in [-0.05, 0) is 22.0 Å². The normalized spacial score (nSPS) is 12.6. The first-order chi connectivity index (χ1) is 8.68. The van der Waals surface area contributed by atoms with Gasteiger partial charge in [-0.3, -0.25) is 0 Å². The Morgan fingerprint density at radius 1 is 0.850 bits per heavy atom. The first kappa shape index (κ1) is 19.2.